The molecule has 102 valence electrons. The summed E-state index contributed by atoms with van der Waals surface area (Å²) in [5, 5.41) is 0. The van der Waals surface area contributed by atoms with Crippen LogP contribution in [0, 0.1) is 0 Å². The van der Waals surface area contributed by atoms with E-state index in [4.69, 9.17) is 15.2 Å². The van der Waals surface area contributed by atoms with Gasteiger partial charge in [0.05, 0.1) is 12.3 Å². The Bertz CT molecular complexity index is 367. The highest BCUT2D eigenvalue weighted by molar-refractivity contribution is 5.55. The van der Waals surface area contributed by atoms with Gasteiger partial charge in [0.15, 0.2) is 0 Å². The molecule has 0 aliphatic heterocycles. The highest BCUT2D eigenvalue weighted by Gasteiger charge is 2.08. The molecule has 0 bridgehead atoms. The first-order valence-electron chi connectivity index (χ1n) is 6.36. The van der Waals surface area contributed by atoms with E-state index < -0.39 is 0 Å². The van der Waals surface area contributed by atoms with Crippen LogP contribution in [0.2, 0.25) is 0 Å². The summed E-state index contributed by atoms with van der Waals surface area (Å²) >= 11 is 0. The highest BCUT2D eigenvalue weighted by Crippen LogP contribution is 2.27. The Morgan fingerprint density at radius 1 is 1.33 bits per heavy atom. The minimum Gasteiger partial charge on any atom is -0.491 e. The quantitative estimate of drug-likeness (QED) is 0.757. The Balaban J connectivity index is 2.66. The first kappa shape index (κ1) is 14.6. The van der Waals surface area contributed by atoms with Crippen molar-refractivity contribution in [2.45, 2.75) is 26.4 Å². The molecule has 0 radical (unpaired) electrons. The fraction of sp³-hybridized carbons (Fsp3) is 0.571. The van der Waals surface area contributed by atoms with Gasteiger partial charge in [-0.3, -0.25) is 0 Å². The van der Waals surface area contributed by atoms with Crippen molar-refractivity contribution in [2.24, 2.45) is 0 Å². The molecule has 1 rings (SSSR count). The number of hydrogen-bond donors (Lipinski definition) is 1. The molecule has 18 heavy (non-hydrogen) atoms. The van der Waals surface area contributed by atoms with Crippen LogP contribution in [0.15, 0.2) is 18.2 Å². The summed E-state index contributed by atoms with van der Waals surface area (Å²) in [5.41, 5.74) is 6.50. The van der Waals surface area contributed by atoms with Crippen molar-refractivity contribution in [1.29, 1.82) is 0 Å². The molecule has 0 amide bonds. The van der Waals surface area contributed by atoms with Gasteiger partial charge in [0.2, 0.25) is 0 Å². The Morgan fingerprint density at radius 3 is 2.67 bits per heavy atom. The van der Waals surface area contributed by atoms with Crippen molar-refractivity contribution in [3.05, 3.63) is 18.2 Å². The monoisotopic (exact) mass is 252 g/mol. The van der Waals surface area contributed by atoms with E-state index in [9.17, 15) is 0 Å². The third kappa shape index (κ3) is 4.84. The largest absolute Gasteiger partial charge is 0.491 e. The van der Waals surface area contributed by atoms with Gasteiger partial charge in [-0.25, -0.2) is 0 Å². The van der Waals surface area contributed by atoms with Crippen molar-refractivity contribution in [3.63, 3.8) is 0 Å². The molecule has 4 nitrogen and oxygen atoms in total. The third-order valence-corrected chi connectivity index (χ3v) is 2.41. The van der Waals surface area contributed by atoms with Crippen molar-refractivity contribution >= 4 is 5.69 Å². The van der Waals surface area contributed by atoms with Crippen LogP contribution >= 0.6 is 0 Å². The number of likely N-dealkylation sites (N-methyl/N-ethyl adjacent to an activating group) is 1. The maximum Gasteiger partial charge on any atom is 0.145 e. The summed E-state index contributed by atoms with van der Waals surface area (Å²) in [6.45, 7) is 5.65. The fourth-order valence-electron chi connectivity index (χ4n) is 1.71. The summed E-state index contributed by atoms with van der Waals surface area (Å²) in [6.07, 6.45) is 1.09. The Morgan fingerprint density at radius 2 is 2.06 bits per heavy atom. The van der Waals surface area contributed by atoms with Gasteiger partial charge in [0, 0.05) is 12.6 Å². The standard InChI is InChI=1S/C14H24N2O2/c1-5-8-17-14-9-12(6-7-13(14)15)18-11(2)10-16(3)4/h6-7,9,11H,5,8,10,15H2,1-4H3. The van der Waals surface area contributed by atoms with E-state index in [1.165, 1.54) is 0 Å². The summed E-state index contributed by atoms with van der Waals surface area (Å²) in [7, 11) is 4.05. The molecule has 0 aliphatic rings. The number of hydrogen-bond acceptors (Lipinski definition) is 4. The fourth-order valence-corrected chi connectivity index (χ4v) is 1.71. The predicted molar refractivity (Wildman–Crippen MR) is 75.3 cm³/mol. The van der Waals surface area contributed by atoms with E-state index in [-0.39, 0.29) is 6.10 Å². The zero-order valence-electron chi connectivity index (χ0n) is 11.8. The van der Waals surface area contributed by atoms with Crippen LogP contribution in [0.1, 0.15) is 20.3 Å². The maximum atomic E-state index is 5.85. The number of anilines is 1. The second kappa shape index (κ2) is 7.11. The number of benzene rings is 1. The van der Waals surface area contributed by atoms with Crippen LogP contribution < -0.4 is 15.2 Å². The van der Waals surface area contributed by atoms with E-state index in [1.54, 1.807) is 0 Å². The lowest BCUT2D eigenvalue weighted by Gasteiger charge is -2.19. The van der Waals surface area contributed by atoms with Gasteiger partial charge in [-0.1, -0.05) is 6.92 Å². The van der Waals surface area contributed by atoms with Gasteiger partial charge in [0.25, 0.3) is 0 Å². The van der Waals surface area contributed by atoms with E-state index in [1.807, 2.05) is 39.2 Å². The lowest BCUT2D eigenvalue weighted by atomic mass is 10.2. The zero-order chi connectivity index (χ0) is 13.5. The lowest BCUT2D eigenvalue weighted by Crippen LogP contribution is -2.27. The number of ether oxygens (including phenoxy) is 2. The third-order valence-electron chi connectivity index (χ3n) is 2.41. The van der Waals surface area contributed by atoms with E-state index in [2.05, 4.69) is 11.8 Å². The Hall–Kier alpha value is -1.42. The predicted octanol–water partition coefficient (Wildman–Crippen LogP) is 2.39. The molecule has 0 heterocycles. The SMILES string of the molecule is CCCOc1cc(OC(C)CN(C)C)ccc1N. The van der Waals surface area contributed by atoms with Crippen LogP contribution in [0.25, 0.3) is 0 Å². The molecule has 0 spiro atoms. The number of rotatable bonds is 7. The Labute approximate surface area is 110 Å². The van der Waals surface area contributed by atoms with Gasteiger partial charge >= 0.3 is 0 Å². The summed E-state index contributed by atoms with van der Waals surface area (Å²) in [6, 6.07) is 5.56. The van der Waals surface area contributed by atoms with Crippen LogP contribution in [0.5, 0.6) is 11.5 Å². The van der Waals surface area contributed by atoms with Gasteiger partial charge < -0.3 is 20.1 Å². The smallest absolute Gasteiger partial charge is 0.145 e. The van der Waals surface area contributed by atoms with Crippen LogP contribution in [-0.2, 0) is 0 Å². The number of nitrogens with two attached hydrogens (primary N) is 1. The highest BCUT2D eigenvalue weighted by atomic mass is 16.5. The van der Waals surface area contributed by atoms with Crippen molar-refractivity contribution in [2.75, 3.05) is 33.0 Å². The van der Waals surface area contributed by atoms with Crippen LogP contribution in [-0.4, -0.2) is 38.3 Å². The topological polar surface area (TPSA) is 47.7 Å². The van der Waals surface area contributed by atoms with Gasteiger partial charge in [-0.2, -0.15) is 0 Å². The molecular formula is C14H24N2O2. The average Bonchev–Trinajstić information content (AvgIpc) is 2.28. The lowest BCUT2D eigenvalue weighted by molar-refractivity contribution is 0.176. The summed E-state index contributed by atoms with van der Waals surface area (Å²) in [4.78, 5) is 2.09. The number of nitrogen functional groups attached to an aromatic ring is 1. The van der Waals surface area contributed by atoms with Crippen molar-refractivity contribution < 1.29 is 9.47 Å². The Kier molecular flexibility index (Phi) is 5.78. The van der Waals surface area contributed by atoms with Gasteiger partial charge in [-0.05, 0) is 39.6 Å². The summed E-state index contributed by atoms with van der Waals surface area (Å²) < 4.78 is 11.4. The maximum absolute atomic E-state index is 5.85. The minimum absolute atomic E-state index is 0.127. The van der Waals surface area contributed by atoms with Gasteiger partial charge in [0.1, 0.15) is 17.6 Å². The minimum atomic E-state index is 0.127. The van der Waals surface area contributed by atoms with Crippen LogP contribution in [0.3, 0.4) is 0 Å². The molecule has 0 saturated carbocycles. The van der Waals surface area contributed by atoms with Crippen LogP contribution in [0.4, 0.5) is 5.69 Å². The van der Waals surface area contributed by atoms with Crippen molar-refractivity contribution in [3.8, 4) is 11.5 Å². The first-order valence-corrected chi connectivity index (χ1v) is 6.36. The second-order valence-electron chi connectivity index (χ2n) is 4.74. The number of nitrogens with zero attached hydrogens (tertiary/aromatic N) is 1. The van der Waals surface area contributed by atoms with E-state index in [0.717, 1.165) is 18.7 Å². The molecule has 0 aliphatic carbocycles. The summed E-state index contributed by atoms with van der Waals surface area (Å²) in [5.74, 6) is 1.50. The molecule has 1 aromatic rings. The second-order valence-corrected chi connectivity index (χ2v) is 4.74. The molecule has 4 heteroatoms. The first-order chi connectivity index (χ1) is 8.52. The van der Waals surface area contributed by atoms with E-state index >= 15 is 0 Å². The molecule has 2 N–H and O–H groups in total. The van der Waals surface area contributed by atoms with Gasteiger partial charge in [-0.15, -0.1) is 0 Å². The zero-order valence-corrected chi connectivity index (χ0v) is 11.8. The normalized spacial score (nSPS) is 12.5. The average molecular weight is 252 g/mol. The van der Waals surface area contributed by atoms with Crippen molar-refractivity contribution in [1.82, 2.24) is 4.90 Å². The molecule has 1 unspecified atom stereocenters. The van der Waals surface area contributed by atoms with E-state index in [0.29, 0.717) is 18.0 Å². The molecule has 0 aromatic heterocycles. The molecule has 1 aromatic carbocycles. The molecule has 1 atom stereocenters. The molecule has 0 saturated heterocycles. The molecular weight excluding hydrogens is 228 g/mol. The molecule has 0 fully saturated rings.